The van der Waals surface area contributed by atoms with E-state index in [4.69, 9.17) is 4.74 Å². The smallest absolute Gasteiger partial charge is 0.123 e. The summed E-state index contributed by atoms with van der Waals surface area (Å²) in [7, 11) is 0. The molecule has 0 bridgehead atoms. The molecule has 1 N–H and O–H groups in total. The first kappa shape index (κ1) is 14.6. The zero-order chi connectivity index (χ0) is 14.5. The molecular weight excluding hydrogens is 248 g/mol. The summed E-state index contributed by atoms with van der Waals surface area (Å²) in [4.78, 5) is 0. The summed E-state index contributed by atoms with van der Waals surface area (Å²) in [5.41, 5.74) is 3.22. The van der Waals surface area contributed by atoms with Crippen LogP contribution in [0.1, 0.15) is 49.5 Å². The molecule has 2 aromatic rings. The normalized spacial score (nSPS) is 12.4. The average molecular weight is 270 g/mol. The molecule has 1 unspecified atom stereocenters. The van der Waals surface area contributed by atoms with Crippen molar-refractivity contribution in [1.29, 1.82) is 0 Å². The Bertz CT molecular complexity index is 545. The third kappa shape index (κ3) is 3.61. The zero-order valence-corrected chi connectivity index (χ0v) is 12.3. The van der Waals surface area contributed by atoms with Crippen LogP contribution in [0, 0.1) is 0 Å². The van der Waals surface area contributed by atoms with Crippen LogP contribution in [0.3, 0.4) is 0 Å². The van der Waals surface area contributed by atoms with Crippen LogP contribution in [-0.4, -0.2) is 5.11 Å². The van der Waals surface area contributed by atoms with E-state index < -0.39 is 6.10 Å². The van der Waals surface area contributed by atoms with Crippen molar-refractivity contribution in [3.8, 4) is 5.75 Å². The molecule has 2 nitrogen and oxygen atoms in total. The van der Waals surface area contributed by atoms with Crippen molar-refractivity contribution >= 4 is 0 Å². The van der Waals surface area contributed by atoms with Crippen LogP contribution < -0.4 is 4.74 Å². The molecule has 2 rings (SSSR count). The third-order valence-corrected chi connectivity index (χ3v) is 3.38. The van der Waals surface area contributed by atoms with E-state index >= 15 is 0 Å². The van der Waals surface area contributed by atoms with Gasteiger partial charge in [-0.05, 0) is 41.7 Å². The van der Waals surface area contributed by atoms with Crippen LogP contribution >= 0.6 is 0 Å². The highest BCUT2D eigenvalue weighted by Crippen LogP contribution is 2.30. The highest BCUT2D eigenvalue weighted by atomic mass is 16.5. The molecule has 0 aliphatic carbocycles. The van der Waals surface area contributed by atoms with Crippen molar-refractivity contribution in [2.75, 3.05) is 0 Å². The molecule has 0 radical (unpaired) electrons. The van der Waals surface area contributed by atoms with E-state index in [1.165, 1.54) is 0 Å². The highest BCUT2D eigenvalue weighted by molar-refractivity contribution is 5.40. The Balaban J connectivity index is 2.18. The molecule has 1 atom stereocenters. The van der Waals surface area contributed by atoms with E-state index in [-0.39, 0.29) is 0 Å². The van der Waals surface area contributed by atoms with Crippen molar-refractivity contribution in [2.24, 2.45) is 0 Å². The van der Waals surface area contributed by atoms with Gasteiger partial charge in [0.25, 0.3) is 0 Å². The van der Waals surface area contributed by atoms with Crippen LogP contribution in [-0.2, 0) is 6.61 Å². The first-order valence-electron chi connectivity index (χ1n) is 7.06. The van der Waals surface area contributed by atoms with Gasteiger partial charge in [0.15, 0.2) is 0 Å². The maximum Gasteiger partial charge on any atom is 0.123 e. The Morgan fingerprint density at radius 2 is 1.70 bits per heavy atom. The van der Waals surface area contributed by atoms with Gasteiger partial charge in [-0.3, -0.25) is 0 Å². The van der Waals surface area contributed by atoms with E-state index in [1.807, 2.05) is 36.4 Å². The minimum Gasteiger partial charge on any atom is -0.489 e. The molecule has 2 heteroatoms. The number of hydrogen-bond donors (Lipinski definition) is 1. The monoisotopic (exact) mass is 270 g/mol. The number of aliphatic hydroxyl groups is 1. The molecule has 106 valence electrons. The summed E-state index contributed by atoms with van der Waals surface area (Å²) >= 11 is 0. The van der Waals surface area contributed by atoms with Gasteiger partial charge in [-0.2, -0.15) is 0 Å². The number of benzene rings is 2. The Kier molecular flexibility index (Phi) is 4.80. The van der Waals surface area contributed by atoms with Crippen molar-refractivity contribution < 1.29 is 9.84 Å². The molecule has 0 fully saturated rings. The number of hydrogen-bond acceptors (Lipinski definition) is 2. The maximum atomic E-state index is 9.69. The predicted molar refractivity (Wildman–Crippen MR) is 81.9 cm³/mol. The minimum atomic E-state index is -0.448. The maximum absolute atomic E-state index is 9.69. The Morgan fingerprint density at radius 1 is 1.00 bits per heavy atom. The Labute approximate surface area is 121 Å². The van der Waals surface area contributed by atoms with Crippen molar-refractivity contribution in [3.05, 3.63) is 65.2 Å². The second-order valence-electron chi connectivity index (χ2n) is 5.40. The van der Waals surface area contributed by atoms with Crippen molar-refractivity contribution in [3.63, 3.8) is 0 Å². The van der Waals surface area contributed by atoms with Gasteiger partial charge >= 0.3 is 0 Å². The van der Waals surface area contributed by atoms with Crippen LogP contribution in [0.15, 0.2) is 48.5 Å². The summed E-state index contributed by atoms with van der Waals surface area (Å²) in [5.74, 6) is 1.26. The van der Waals surface area contributed by atoms with Crippen LogP contribution in [0.25, 0.3) is 0 Å². The second kappa shape index (κ2) is 6.58. The lowest BCUT2D eigenvalue weighted by Gasteiger charge is -2.16. The van der Waals surface area contributed by atoms with E-state index in [0.29, 0.717) is 12.5 Å². The molecule has 20 heavy (non-hydrogen) atoms. The minimum absolute atomic E-state index is 0.361. The lowest BCUT2D eigenvalue weighted by atomic mass is 9.98. The molecule has 0 aromatic heterocycles. The van der Waals surface area contributed by atoms with E-state index in [9.17, 15) is 5.11 Å². The molecule has 0 aliphatic heterocycles. The molecular formula is C18H22O2. The van der Waals surface area contributed by atoms with Gasteiger partial charge in [0, 0.05) is 0 Å². The third-order valence-electron chi connectivity index (χ3n) is 3.38. The van der Waals surface area contributed by atoms with Gasteiger partial charge in [0.05, 0.1) is 6.10 Å². The lowest BCUT2D eigenvalue weighted by molar-refractivity contribution is 0.199. The molecule has 0 saturated heterocycles. The molecule has 0 saturated carbocycles. The largest absolute Gasteiger partial charge is 0.489 e. The summed E-state index contributed by atoms with van der Waals surface area (Å²) in [6, 6.07) is 16.1. The SMILES string of the molecule is CC(C)c1cc(C(C)O)ccc1OCc1ccccc1. The fourth-order valence-corrected chi connectivity index (χ4v) is 2.14. The summed E-state index contributed by atoms with van der Waals surface area (Å²) in [6.45, 7) is 6.62. The van der Waals surface area contributed by atoms with Crippen molar-refractivity contribution in [1.82, 2.24) is 0 Å². The van der Waals surface area contributed by atoms with Gasteiger partial charge in [0.2, 0.25) is 0 Å². The highest BCUT2D eigenvalue weighted by Gasteiger charge is 2.11. The number of rotatable bonds is 5. The summed E-state index contributed by atoms with van der Waals surface area (Å²) in [5, 5.41) is 9.69. The Morgan fingerprint density at radius 3 is 2.30 bits per heavy atom. The first-order valence-corrected chi connectivity index (χ1v) is 7.06. The zero-order valence-electron chi connectivity index (χ0n) is 12.3. The Hall–Kier alpha value is -1.80. The molecule has 0 amide bonds. The fraction of sp³-hybridized carbons (Fsp3) is 0.333. The quantitative estimate of drug-likeness (QED) is 0.870. The molecule has 0 spiro atoms. The van der Waals surface area contributed by atoms with Crippen LogP contribution in [0.2, 0.25) is 0 Å². The van der Waals surface area contributed by atoms with Gasteiger partial charge < -0.3 is 9.84 Å². The van der Waals surface area contributed by atoms with Gasteiger partial charge in [-0.15, -0.1) is 0 Å². The van der Waals surface area contributed by atoms with Gasteiger partial charge in [-0.25, -0.2) is 0 Å². The first-order chi connectivity index (χ1) is 9.58. The van der Waals surface area contributed by atoms with Gasteiger partial charge in [0.1, 0.15) is 12.4 Å². The van der Waals surface area contributed by atoms with Crippen LogP contribution in [0.5, 0.6) is 5.75 Å². The standard InChI is InChI=1S/C18H22O2/c1-13(2)17-11-16(14(3)19)9-10-18(17)20-12-15-7-5-4-6-8-15/h4-11,13-14,19H,12H2,1-3H3. The molecule has 2 aromatic carbocycles. The van der Waals surface area contributed by atoms with Crippen molar-refractivity contribution in [2.45, 2.75) is 39.4 Å². The van der Waals surface area contributed by atoms with E-state index in [0.717, 1.165) is 22.4 Å². The van der Waals surface area contributed by atoms with Crippen LogP contribution in [0.4, 0.5) is 0 Å². The lowest BCUT2D eigenvalue weighted by Crippen LogP contribution is -2.02. The van der Waals surface area contributed by atoms with E-state index in [2.05, 4.69) is 26.0 Å². The summed E-state index contributed by atoms with van der Waals surface area (Å²) < 4.78 is 5.94. The predicted octanol–water partition coefficient (Wildman–Crippen LogP) is 4.44. The number of aliphatic hydroxyl groups excluding tert-OH is 1. The molecule has 0 aliphatic rings. The summed E-state index contributed by atoms with van der Waals surface area (Å²) in [6.07, 6.45) is -0.448. The fourth-order valence-electron chi connectivity index (χ4n) is 2.14. The number of ether oxygens (including phenoxy) is 1. The van der Waals surface area contributed by atoms with Gasteiger partial charge in [-0.1, -0.05) is 50.2 Å². The second-order valence-corrected chi connectivity index (χ2v) is 5.40. The topological polar surface area (TPSA) is 29.5 Å². The molecule has 0 heterocycles. The van der Waals surface area contributed by atoms with E-state index in [1.54, 1.807) is 6.92 Å². The average Bonchev–Trinajstić information content (AvgIpc) is 2.45.